The third-order valence-electron chi connectivity index (χ3n) is 3.15. The zero-order valence-electron chi connectivity index (χ0n) is 11.8. The Bertz CT molecular complexity index is 509. The van der Waals surface area contributed by atoms with Crippen LogP contribution in [-0.4, -0.2) is 39.2 Å². The number of H-pyrrole nitrogens is 1. The molecule has 0 unspecified atom stereocenters. The average Bonchev–Trinajstić information content (AvgIpc) is 3.12. The maximum absolute atomic E-state index is 12.0. The van der Waals surface area contributed by atoms with Gasteiger partial charge in [-0.05, 0) is 32.3 Å². The van der Waals surface area contributed by atoms with E-state index in [0.29, 0.717) is 43.7 Å². The Labute approximate surface area is 120 Å². The highest BCUT2D eigenvalue weighted by Gasteiger charge is 2.21. The first-order valence-corrected chi connectivity index (χ1v) is 8.58. The van der Waals surface area contributed by atoms with E-state index in [1.54, 1.807) is 6.07 Å². The van der Waals surface area contributed by atoms with Gasteiger partial charge in [-0.25, -0.2) is 13.1 Å². The van der Waals surface area contributed by atoms with Gasteiger partial charge >= 0.3 is 0 Å². The molecule has 0 saturated heterocycles. The molecule has 2 rings (SSSR count). The topological polar surface area (TPSA) is 83.2 Å². The van der Waals surface area contributed by atoms with E-state index in [1.807, 2.05) is 6.92 Å². The van der Waals surface area contributed by atoms with Gasteiger partial charge in [0.2, 0.25) is 10.0 Å². The van der Waals surface area contributed by atoms with Crippen molar-refractivity contribution in [3.05, 3.63) is 18.0 Å². The molecule has 1 fully saturated rings. The molecular weight excluding hydrogens is 278 g/mol. The van der Waals surface area contributed by atoms with Crippen LogP contribution in [0.25, 0.3) is 0 Å². The second-order valence-electron chi connectivity index (χ2n) is 4.96. The van der Waals surface area contributed by atoms with E-state index in [2.05, 4.69) is 15.0 Å². The Balaban J connectivity index is 1.78. The SMILES string of the molecule is CCOCCCNS(=O)(=O)c1c[nH]c(CNC2CC2)c1. The molecule has 7 heteroatoms. The fourth-order valence-electron chi connectivity index (χ4n) is 1.83. The van der Waals surface area contributed by atoms with Crippen LogP contribution < -0.4 is 10.0 Å². The summed E-state index contributed by atoms with van der Waals surface area (Å²) in [4.78, 5) is 3.29. The molecule has 1 aromatic heterocycles. The number of hydrogen-bond donors (Lipinski definition) is 3. The van der Waals surface area contributed by atoms with Crippen molar-refractivity contribution in [3.63, 3.8) is 0 Å². The molecule has 0 aromatic carbocycles. The van der Waals surface area contributed by atoms with Gasteiger partial charge in [-0.1, -0.05) is 0 Å². The Morgan fingerprint density at radius 1 is 1.45 bits per heavy atom. The van der Waals surface area contributed by atoms with Crippen LogP contribution in [0.3, 0.4) is 0 Å². The smallest absolute Gasteiger partial charge is 0.242 e. The molecule has 0 bridgehead atoms. The second-order valence-corrected chi connectivity index (χ2v) is 6.73. The number of sulfonamides is 1. The van der Waals surface area contributed by atoms with Crippen molar-refractivity contribution in [2.75, 3.05) is 19.8 Å². The third kappa shape index (κ3) is 4.90. The largest absolute Gasteiger partial charge is 0.382 e. The molecule has 1 aliphatic rings. The minimum Gasteiger partial charge on any atom is -0.382 e. The van der Waals surface area contributed by atoms with Gasteiger partial charge in [-0.2, -0.15) is 0 Å². The average molecular weight is 301 g/mol. The molecule has 0 aliphatic heterocycles. The van der Waals surface area contributed by atoms with Gasteiger partial charge in [-0.15, -0.1) is 0 Å². The van der Waals surface area contributed by atoms with Crippen LogP contribution in [0.15, 0.2) is 17.2 Å². The molecule has 0 radical (unpaired) electrons. The molecule has 114 valence electrons. The summed E-state index contributed by atoms with van der Waals surface area (Å²) in [5.41, 5.74) is 0.895. The molecule has 1 aliphatic carbocycles. The van der Waals surface area contributed by atoms with E-state index in [0.717, 1.165) is 5.69 Å². The summed E-state index contributed by atoms with van der Waals surface area (Å²) < 4.78 is 31.8. The van der Waals surface area contributed by atoms with Crippen molar-refractivity contribution in [1.82, 2.24) is 15.0 Å². The van der Waals surface area contributed by atoms with Crippen LogP contribution >= 0.6 is 0 Å². The monoisotopic (exact) mass is 301 g/mol. The van der Waals surface area contributed by atoms with E-state index in [9.17, 15) is 8.42 Å². The first-order valence-electron chi connectivity index (χ1n) is 7.10. The Morgan fingerprint density at radius 3 is 2.95 bits per heavy atom. The number of nitrogens with one attached hydrogen (secondary N) is 3. The molecule has 1 aromatic rings. The summed E-state index contributed by atoms with van der Waals surface area (Å²) in [7, 11) is -3.41. The minimum absolute atomic E-state index is 0.293. The number of ether oxygens (including phenoxy) is 1. The lowest BCUT2D eigenvalue weighted by Gasteiger charge is -2.04. The van der Waals surface area contributed by atoms with Gasteiger partial charge in [0, 0.05) is 44.2 Å². The van der Waals surface area contributed by atoms with Gasteiger partial charge in [0.1, 0.15) is 0 Å². The first kappa shape index (κ1) is 15.5. The second kappa shape index (κ2) is 7.21. The molecule has 20 heavy (non-hydrogen) atoms. The van der Waals surface area contributed by atoms with Crippen molar-refractivity contribution >= 4 is 10.0 Å². The summed E-state index contributed by atoms with van der Waals surface area (Å²) in [5.74, 6) is 0. The Morgan fingerprint density at radius 2 is 2.25 bits per heavy atom. The fourth-order valence-corrected chi connectivity index (χ4v) is 2.92. The zero-order valence-corrected chi connectivity index (χ0v) is 12.6. The lowest BCUT2D eigenvalue weighted by Crippen LogP contribution is -2.25. The van der Waals surface area contributed by atoms with Crippen LogP contribution in [0, 0.1) is 0 Å². The summed E-state index contributed by atoms with van der Waals surface area (Å²) in [6.45, 7) is 4.22. The molecule has 1 heterocycles. The van der Waals surface area contributed by atoms with Crippen molar-refractivity contribution in [2.24, 2.45) is 0 Å². The van der Waals surface area contributed by atoms with Gasteiger partial charge in [0.25, 0.3) is 0 Å². The van der Waals surface area contributed by atoms with Crippen LogP contribution in [0.2, 0.25) is 0 Å². The van der Waals surface area contributed by atoms with Crippen LogP contribution in [0.5, 0.6) is 0 Å². The number of hydrogen-bond acceptors (Lipinski definition) is 4. The lowest BCUT2D eigenvalue weighted by molar-refractivity contribution is 0.146. The van der Waals surface area contributed by atoms with Crippen molar-refractivity contribution in [3.8, 4) is 0 Å². The minimum atomic E-state index is -3.41. The highest BCUT2D eigenvalue weighted by molar-refractivity contribution is 7.89. The van der Waals surface area contributed by atoms with E-state index in [-0.39, 0.29) is 0 Å². The van der Waals surface area contributed by atoms with Gasteiger partial charge in [0.05, 0.1) is 4.90 Å². The first-order chi connectivity index (χ1) is 9.62. The van der Waals surface area contributed by atoms with Gasteiger partial charge in [0.15, 0.2) is 0 Å². The molecule has 1 saturated carbocycles. The molecular formula is C13H23N3O3S. The molecule has 3 N–H and O–H groups in total. The predicted octanol–water partition coefficient (Wildman–Crippen LogP) is 0.972. The van der Waals surface area contributed by atoms with Gasteiger partial charge in [-0.3, -0.25) is 0 Å². The predicted molar refractivity (Wildman–Crippen MR) is 77.0 cm³/mol. The van der Waals surface area contributed by atoms with Crippen LogP contribution in [0.1, 0.15) is 31.9 Å². The van der Waals surface area contributed by atoms with Crippen LogP contribution in [0.4, 0.5) is 0 Å². The number of rotatable bonds is 10. The standard InChI is InChI=1S/C13H23N3O3S/c1-2-19-7-3-6-16-20(17,18)13-8-12(15-10-13)9-14-11-4-5-11/h8,10-11,14-16H,2-7,9H2,1H3. The number of aromatic nitrogens is 1. The molecule has 0 atom stereocenters. The summed E-state index contributed by atoms with van der Waals surface area (Å²) in [6, 6.07) is 2.29. The van der Waals surface area contributed by atoms with Crippen molar-refractivity contribution in [2.45, 2.75) is 43.7 Å². The quantitative estimate of drug-likeness (QED) is 0.562. The fraction of sp³-hybridized carbons (Fsp3) is 0.692. The Kier molecular flexibility index (Phi) is 5.59. The molecule has 0 amide bonds. The zero-order chi connectivity index (χ0) is 14.4. The maximum atomic E-state index is 12.0. The number of aromatic amines is 1. The summed E-state index contributed by atoms with van der Waals surface area (Å²) in [5, 5.41) is 3.34. The van der Waals surface area contributed by atoms with E-state index in [4.69, 9.17) is 4.74 Å². The highest BCUT2D eigenvalue weighted by Crippen LogP contribution is 2.19. The molecule has 6 nitrogen and oxygen atoms in total. The van der Waals surface area contributed by atoms with E-state index < -0.39 is 10.0 Å². The van der Waals surface area contributed by atoms with E-state index in [1.165, 1.54) is 19.0 Å². The normalized spacial score (nSPS) is 15.7. The molecule has 0 spiro atoms. The third-order valence-corrected chi connectivity index (χ3v) is 4.59. The van der Waals surface area contributed by atoms with Crippen LogP contribution in [-0.2, 0) is 21.3 Å². The summed E-state index contributed by atoms with van der Waals surface area (Å²) in [6.07, 6.45) is 4.64. The highest BCUT2D eigenvalue weighted by atomic mass is 32.2. The van der Waals surface area contributed by atoms with Crippen molar-refractivity contribution in [1.29, 1.82) is 0 Å². The Hall–Kier alpha value is -0.890. The van der Waals surface area contributed by atoms with Gasteiger partial charge < -0.3 is 15.0 Å². The lowest BCUT2D eigenvalue weighted by atomic mass is 10.4. The summed E-state index contributed by atoms with van der Waals surface area (Å²) >= 11 is 0. The van der Waals surface area contributed by atoms with E-state index >= 15 is 0 Å². The maximum Gasteiger partial charge on any atom is 0.242 e. The van der Waals surface area contributed by atoms with Crippen molar-refractivity contribution < 1.29 is 13.2 Å².